The lowest BCUT2D eigenvalue weighted by atomic mass is 10.3. The first-order valence-corrected chi connectivity index (χ1v) is 5.98. The van der Waals surface area contributed by atoms with Gasteiger partial charge in [-0.3, -0.25) is 4.79 Å². The standard InChI is InChI=1S/C12H13ClFNO2/c13-7-12(16)15-6-5-11(8-15)17-10-3-1-9(14)2-4-10/h1-4,11H,5-8H2/t11-/m0/s1. The number of rotatable bonds is 3. The molecule has 0 radical (unpaired) electrons. The van der Waals surface area contributed by atoms with Gasteiger partial charge in [0.2, 0.25) is 5.91 Å². The van der Waals surface area contributed by atoms with Crippen molar-refractivity contribution in [2.75, 3.05) is 19.0 Å². The smallest absolute Gasteiger partial charge is 0.237 e. The molecule has 1 heterocycles. The molecule has 0 unspecified atom stereocenters. The average molecular weight is 258 g/mol. The zero-order valence-corrected chi connectivity index (χ0v) is 9.99. The van der Waals surface area contributed by atoms with Crippen LogP contribution in [-0.4, -0.2) is 35.9 Å². The van der Waals surface area contributed by atoms with Crippen LogP contribution in [-0.2, 0) is 4.79 Å². The molecular formula is C12H13ClFNO2. The second kappa shape index (κ2) is 5.36. The molecule has 3 nitrogen and oxygen atoms in total. The van der Waals surface area contributed by atoms with Gasteiger partial charge in [-0.2, -0.15) is 0 Å². The zero-order chi connectivity index (χ0) is 12.3. The second-order valence-corrected chi connectivity index (χ2v) is 4.22. The van der Waals surface area contributed by atoms with Gasteiger partial charge in [-0.25, -0.2) is 4.39 Å². The third kappa shape index (κ3) is 3.09. The maximum atomic E-state index is 12.7. The Kier molecular flexibility index (Phi) is 3.84. The third-order valence-corrected chi connectivity index (χ3v) is 2.96. The summed E-state index contributed by atoms with van der Waals surface area (Å²) in [6.07, 6.45) is 0.743. The highest BCUT2D eigenvalue weighted by Gasteiger charge is 2.26. The van der Waals surface area contributed by atoms with E-state index in [1.165, 1.54) is 12.1 Å². The van der Waals surface area contributed by atoms with Crippen LogP contribution in [0.3, 0.4) is 0 Å². The predicted octanol–water partition coefficient (Wildman–Crippen LogP) is 2.04. The molecule has 0 spiro atoms. The van der Waals surface area contributed by atoms with Crippen molar-refractivity contribution in [3.63, 3.8) is 0 Å². The Morgan fingerprint density at radius 2 is 2.18 bits per heavy atom. The molecular weight excluding hydrogens is 245 g/mol. The van der Waals surface area contributed by atoms with Gasteiger partial charge < -0.3 is 9.64 Å². The number of ether oxygens (including phenoxy) is 1. The van der Waals surface area contributed by atoms with Crippen LogP contribution in [0.15, 0.2) is 24.3 Å². The number of hydrogen-bond donors (Lipinski definition) is 0. The maximum Gasteiger partial charge on any atom is 0.237 e. The topological polar surface area (TPSA) is 29.5 Å². The van der Waals surface area contributed by atoms with E-state index < -0.39 is 0 Å². The molecule has 0 saturated carbocycles. The molecule has 1 aliphatic rings. The molecule has 1 aliphatic heterocycles. The lowest BCUT2D eigenvalue weighted by Gasteiger charge is -2.16. The molecule has 1 amide bonds. The number of benzene rings is 1. The summed E-state index contributed by atoms with van der Waals surface area (Å²) < 4.78 is 18.3. The molecule has 0 aromatic heterocycles. The van der Waals surface area contributed by atoms with Gasteiger partial charge in [0, 0.05) is 13.0 Å². The summed E-state index contributed by atoms with van der Waals surface area (Å²) in [6.45, 7) is 1.21. The van der Waals surface area contributed by atoms with Crippen molar-refractivity contribution in [3.05, 3.63) is 30.1 Å². The van der Waals surface area contributed by atoms with Crippen molar-refractivity contribution in [3.8, 4) is 5.75 Å². The Morgan fingerprint density at radius 3 is 2.82 bits per heavy atom. The van der Waals surface area contributed by atoms with E-state index in [-0.39, 0.29) is 23.7 Å². The molecule has 17 heavy (non-hydrogen) atoms. The van der Waals surface area contributed by atoms with Gasteiger partial charge in [0.05, 0.1) is 6.54 Å². The molecule has 1 saturated heterocycles. The number of carbonyl (C=O) groups is 1. The highest BCUT2D eigenvalue weighted by molar-refractivity contribution is 6.27. The number of likely N-dealkylation sites (tertiary alicyclic amines) is 1. The SMILES string of the molecule is O=C(CCl)N1CC[C@H](Oc2ccc(F)cc2)C1. The summed E-state index contributed by atoms with van der Waals surface area (Å²) in [6, 6.07) is 5.88. The molecule has 0 N–H and O–H groups in total. The molecule has 1 aromatic carbocycles. The van der Waals surface area contributed by atoms with E-state index >= 15 is 0 Å². The van der Waals surface area contributed by atoms with E-state index in [2.05, 4.69) is 0 Å². The van der Waals surface area contributed by atoms with Crippen molar-refractivity contribution < 1.29 is 13.9 Å². The van der Waals surface area contributed by atoms with E-state index in [0.717, 1.165) is 6.42 Å². The van der Waals surface area contributed by atoms with Crippen molar-refractivity contribution in [1.82, 2.24) is 4.90 Å². The van der Waals surface area contributed by atoms with Crippen molar-refractivity contribution in [1.29, 1.82) is 0 Å². The Bertz CT molecular complexity index is 396. The van der Waals surface area contributed by atoms with Crippen LogP contribution in [0.2, 0.25) is 0 Å². The quantitative estimate of drug-likeness (QED) is 0.776. The number of carbonyl (C=O) groups excluding carboxylic acids is 1. The summed E-state index contributed by atoms with van der Waals surface area (Å²) in [7, 11) is 0. The minimum absolute atomic E-state index is 0.00324. The summed E-state index contributed by atoms with van der Waals surface area (Å²) in [5.74, 6) is 0.264. The number of alkyl halides is 1. The summed E-state index contributed by atoms with van der Waals surface area (Å²) in [5, 5.41) is 0. The Balaban J connectivity index is 1.89. The monoisotopic (exact) mass is 257 g/mol. The van der Waals surface area contributed by atoms with Crippen LogP contribution >= 0.6 is 11.6 Å². The molecule has 0 aliphatic carbocycles. The Hall–Kier alpha value is -1.29. The van der Waals surface area contributed by atoms with Gasteiger partial charge in [0.1, 0.15) is 23.6 Å². The highest BCUT2D eigenvalue weighted by atomic mass is 35.5. The number of nitrogens with zero attached hydrogens (tertiary/aromatic N) is 1. The van der Waals surface area contributed by atoms with Crippen LogP contribution in [0.4, 0.5) is 4.39 Å². The number of amides is 1. The third-order valence-electron chi connectivity index (χ3n) is 2.73. The Labute approximate surface area is 104 Å². The molecule has 1 aromatic rings. The number of halogens is 2. The largest absolute Gasteiger partial charge is 0.489 e. The van der Waals surface area contributed by atoms with Crippen LogP contribution in [0, 0.1) is 5.82 Å². The Morgan fingerprint density at radius 1 is 1.47 bits per heavy atom. The maximum absolute atomic E-state index is 12.7. The lowest BCUT2D eigenvalue weighted by molar-refractivity contribution is -0.127. The fourth-order valence-corrected chi connectivity index (χ4v) is 2.01. The number of hydrogen-bond acceptors (Lipinski definition) is 2. The first-order chi connectivity index (χ1) is 8.19. The van der Waals surface area contributed by atoms with Gasteiger partial charge in [-0.05, 0) is 24.3 Å². The van der Waals surface area contributed by atoms with E-state index in [1.54, 1.807) is 17.0 Å². The minimum Gasteiger partial charge on any atom is -0.489 e. The van der Waals surface area contributed by atoms with Crippen LogP contribution in [0.1, 0.15) is 6.42 Å². The zero-order valence-electron chi connectivity index (χ0n) is 9.23. The molecule has 1 fully saturated rings. The highest BCUT2D eigenvalue weighted by Crippen LogP contribution is 2.18. The van der Waals surface area contributed by atoms with Gasteiger partial charge in [-0.1, -0.05) is 0 Å². The predicted molar refractivity (Wildman–Crippen MR) is 62.7 cm³/mol. The first kappa shape index (κ1) is 12.2. The molecule has 5 heteroatoms. The fourth-order valence-electron chi connectivity index (χ4n) is 1.84. The average Bonchev–Trinajstić information content (AvgIpc) is 2.80. The van der Waals surface area contributed by atoms with Crippen LogP contribution in [0.5, 0.6) is 5.75 Å². The van der Waals surface area contributed by atoms with Crippen LogP contribution in [0.25, 0.3) is 0 Å². The van der Waals surface area contributed by atoms with Gasteiger partial charge in [0.15, 0.2) is 0 Å². The molecule has 1 atom stereocenters. The molecule has 92 valence electrons. The normalized spacial score (nSPS) is 19.4. The minimum atomic E-state index is -0.289. The van der Waals surface area contributed by atoms with Gasteiger partial charge in [0.25, 0.3) is 0 Å². The van der Waals surface area contributed by atoms with E-state index in [4.69, 9.17) is 16.3 Å². The summed E-state index contributed by atoms with van der Waals surface area (Å²) in [4.78, 5) is 13.0. The molecule has 0 bridgehead atoms. The second-order valence-electron chi connectivity index (χ2n) is 3.96. The first-order valence-electron chi connectivity index (χ1n) is 5.45. The van der Waals surface area contributed by atoms with Gasteiger partial charge in [-0.15, -0.1) is 11.6 Å². The van der Waals surface area contributed by atoms with E-state index in [9.17, 15) is 9.18 Å². The fraction of sp³-hybridized carbons (Fsp3) is 0.417. The summed E-state index contributed by atoms with van der Waals surface area (Å²) >= 11 is 5.48. The van der Waals surface area contributed by atoms with Crippen molar-refractivity contribution in [2.45, 2.75) is 12.5 Å². The van der Waals surface area contributed by atoms with Crippen LogP contribution < -0.4 is 4.74 Å². The van der Waals surface area contributed by atoms with Crippen molar-refractivity contribution >= 4 is 17.5 Å². The lowest BCUT2D eigenvalue weighted by Crippen LogP contribution is -2.31. The van der Waals surface area contributed by atoms with Crippen molar-refractivity contribution in [2.24, 2.45) is 0 Å². The van der Waals surface area contributed by atoms with E-state index in [0.29, 0.717) is 18.8 Å². The molecule has 2 rings (SSSR count). The van der Waals surface area contributed by atoms with E-state index in [1.807, 2.05) is 0 Å². The van der Waals surface area contributed by atoms with Gasteiger partial charge >= 0.3 is 0 Å². The summed E-state index contributed by atoms with van der Waals surface area (Å²) in [5.41, 5.74) is 0.